The molecule has 0 N–H and O–H groups in total. The Kier molecular flexibility index (Phi) is 8.20. The van der Waals surface area contributed by atoms with E-state index in [0.29, 0.717) is 10.8 Å². The molecule has 4 atom stereocenters. The molecule has 2 aromatic rings. The summed E-state index contributed by atoms with van der Waals surface area (Å²) in [7, 11) is 0. The van der Waals surface area contributed by atoms with Gasteiger partial charge in [-0.05, 0) is 42.3 Å². The highest BCUT2D eigenvalue weighted by Crippen LogP contribution is 2.38. The molecule has 0 amide bonds. The highest BCUT2D eigenvalue weighted by Gasteiger charge is 2.47. The van der Waals surface area contributed by atoms with E-state index in [-0.39, 0.29) is 5.75 Å². The third-order valence-electron chi connectivity index (χ3n) is 4.71. The predicted molar refractivity (Wildman–Crippen MR) is 123 cm³/mol. The first-order chi connectivity index (χ1) is 15.6. The van der Waals surface area contributed by atoms with Gasteiger partial charge in [0.2, 0.25) is 0 Å². The fourth-order valence-electron chi connectivity index (χ4n) is 3.43. The molecule has 0 aliphatic carbocycles. The van der Waals surface area contributed by atoms with E-state index in [1.54, 1.807) is 18.3 Å². The Labute approximate surface area is 200 Å². The van der Waals surface area contributed by atoms with Gasteiger partial charge in [-0.3, -0.25) is 19.4 Å². The van der Waals surface area contributed by atoms with Gasteiger partial charge in [0.15, 0.2) is 23.7 Å². The number of halogens is 1. The topological polar surface area (TPSA) is 101 Å². The maximum Gasteiger partial charge on any atom is 0.303 e. The summed E-state index contributed by atoms with van der Waals surface area (Å²) in [6.45, 7) is 5.62. The number of aromatic nitrogens is 1. The van der Waals surface area contributed by atoms with E-state index in [2.05, 4.69) is 4.98 Å². The van der Waals surface area contributed by atoms with Crippen molar-refractivity contribution in [1.82, 2.24) is 4.98 Å². The zero-order chi connectivity index (χ0) is 24.1. The highest BCUT2D eigenvalue weighted by atomic mass is 35.5. The van der Waals surface area contributed by atoms with Crippen LogP contribution in [0.2, 0.25) is 5.02 Å². The summed E-state index contributed by atoms with van der Waals surface area (Å²) in [6.07, 6.45) is -1.15. The maximum atomic E-state index is 11.8. The van der Waals surface area contributed by atoms with Crippen molar-refractivity contribution in [2.45, 2.75) is 51.4 Å². The second-order valence-electron chi connectivity index (χ2n) is 7.45. The van der Waals surface area contributed by atoms with Gasteiger partial charge >= 0.3 is 17.9 Å². The van der Waals surface area contributed by atoms with Crippen molar-refractivity contribution >= 4 is 41.3 Å². The Morgan fingerprint density at radius 2 is 1.58 bits per heavy atom. The summed E-state index contributed by atoms with van der Waals surface area (Å²) < 4.78 is 22.3. The van der Waals surface area contributed by atoms with Crippen molar-refractivity contribution in [3.05, 3.63) is 47.2 Å². The van der Waals surface area contributed by atoms with Crippen LogP contribution in [0.25, 0.3) is 11.1 Å². The van der Waals surface area contributed by atoms with Crippen LogP contribution in [0.1, 0.15) is 26.5 Å². The molecule has 1 aliphatic heterocycles. The fourth-order valence-corrected chi connectivity index (χ4v) is 4.80. The Bertz CT molecular complexity index is 1050. The largest absolute Gasteiger partial charge is 0.474 e. The number of thioether (sulfide) groups is 1. The number of ether oxygens (including phenoxy) is 4. The number of carbonyl (C=O) groups is 3. The number of esters is 3. The lowest BCUT2D eigenvalue weighted by atomic mass is 10.1. The van der Waals surface area contributed by atoms with Crippen molar-refractivity contribution in [2.24, 2.45) is 0 Å². The number of nitrogens with zero attached hydrogens (tertiary/aromatic N) is 1. The molecule has 1 fully saturated rings. The third kappa shape index (κ3) is 6.61. The van der Waals surface area contributed by atoms with Gasteiger partial charge in [0, 0.05) is 38.4 Å². The van der Waals surface area contributed by atoms with Crippen molar-refractivity contribution in [2.75, 3.05) is 5.75 Å². The molecule has 10 heteroatoms. The van der Waals surface area contributed by atoms with E-state index in [1.807, 2.05) is 25.1 Å². The van der Waals surface area contributed by atoms with Gasteiger partial charge in [0.05, 0.1) is 5.02 Å². The van der Waals surface area contributed by atoms with E-state index in [0.717, 1.165) is 16.8 Å². The number of hydrogen-bond acceptors (Lipinski definition) is 9. The minimum Gasteiger partial charge on any atom is -0.474 e. The van der Waals surface area contributed by atoms with Gasteiger partial charge < -0.3 is 18.9 Å². The van der Waals surface area contributed by atoms with E-state index < -0.39 is 41.7 Å². The Morgan fingerprint density at radius 3 is 2.21 bits per heavy atom. The lowest BCUT2D eigenvalue weighted by Gasteiger charge is -2.40. The number of hydrogen-bond donors (Lipinski definition) is 0. The Hall–Kier alpha value is -2.78. The van der Waals surface area contributed by atoms with Crippen LogP contribution >= 0.6 is 23.4 Å². The molecule has 1 aromatic heterocycles. The van der Waals surface area contributed by atoms with Gasteiger partial charge in [0.25, 0.3) is 0 Å². The van der Waals surface area contributed by atoms with E-state index in [9.17, 15) is 14.4 Å². The van der Waals surface area contributed by atoms with E-state index in [1.165, 1.54) is 32.5 Å². The van der Waals surface area contributed by atoms with Gasteiger partial charge in [-0.1, -0.05) is 17.7 Å². The van der Waals surface area contributed by atoms with Crippen LogP contribution in [0.4, 0.5) is 0 Å². The SMILES string of the molecule is CC(=O)O[C@@H]1[C@@H](OC(C)=O)[C@@H](Oc2cc(-c3ccnc(C)c3)ccc2Cl)SC[C@H]1OC(C)=O. The number of pyridine rings is 1. The third-order valence-corrected chi connectivity index (χ3v) is 6.24. The molecule has 0 saturated carbocycles. The van der Waals surface area contributed by atoms with Crippen molar-refractivity contribution in [3.8, 4) is 16.9 Å². The molecule has 1 saturated heterocycles. The molecule has 2 heterocycles. The smallest absolute Gasteiger partial charge is 0.303 e. The Morgan fingerprint density at radius 1 is 0.939 bits per heavy atom. The fraction of sp³-hybridized carbons (Fsp3) is 0.391. The molecule has 0 unspecified atom stereocenters. The first kappa shape index (κ1) is 24.9. The zero-order valence-corrected chi connectivity index (χ0v) is 20.1. The quantitative estimate of drug-likeness (QED) is 0.437. The van der Waals surface area contributed by atoms with Crippen LogP contribution in [0.5, 0.6) is 5.75 Å². The van der Waals surface area contributed by atoms with Crippen LogP contribution < -0.4 is 4.74 Å². The molecule has 176 valence electrons. The molecule has 0 spiro atoms. The predicted octanol–water partition coefficient (Wildman–Crippen LogP) is 3.96. The van der Waals surface area contributed by atoms with Gasteiger partial charge in [-0.15, -0.1) is 11.8 Å². The van der Waals surface area contributed by atoms with Crippen molar-refractivity contribution < 1.29 is 33.3 Å². The summed E-state index contributed by atoms with van der Waals surface area (Å²) in [5, 5.41) is 0.359. The van der Waals surface area contributed by atoms with Gasteiger partial charge in [0.1, 0.15) is 5.75 Å². The molecule has 0 bridgehead atoms. The van der Waals surface area contributed by atoms with Crippen LogP contribution in [0, 0.1) is 6.92 Å². The molecule has 1 aliphatic rings. The summed E-state index contributed by atoms with van der Waals surface area (Å²) in [6, 6.07) is 9.16. The van der Waals surface area contributed by atoms with Crippen LogP contribution in [0.3, 0.4) is 0 Å². The molecule has 33 heavy (non-hydrogen) atoms. The van der Waals surface area contributed by atoms with Crippen LogP contribution in [-0.2, 0) is 28.6 Å². The van der Waals surface area contributed by atoms with E-state index >= 15 is 0 Å². The molecule has 0 radical (unpaired) electrons. The normalized spacial score (nSPS) is 22.2. The molecule has 8 nitrogen and oxygen atoms in total. The van der Waals surface area contributed by atoms with Gasteiger partial charge in [-0.2, -0.15) is 0 Å². The Balaban J connectivity index is 1.92. The average molecular weight is 494 g/mol. The summed E-state index contributed by atoms with van der Waals surface area (Å²) in [5.74, 6) is -1.11. The lowest BCUT2D eigenvalue weighted by Crippen LogP contribution is -2.55. The lowest BCUT2D eigenvalue weighted by molar-refractivity contribution is -0.186. The minimum atomic E-state index is -1.04. The highest BCUT2D eigenvalue weighted by molar-refractivity contribution is 7.99. The monoisotopic (exact) mass is 493 g/mol. The number of benzene rings is 1. The van der Waals surface area contributed by atoms with Crippen molar-refractivity contribution in [3.63, 3.8) is 0 Å². The number of aryl methyl sites for hydroxylation is 1. The average Bonchev–Trinajstić information content (AvgIpc) is 2.72. The second kappa shape index (κ2) is 10.9. The van der Waals surface area contributed by atoms with Crippen LogP contribution in [0.15, 0.2) is 36.5 Å². The van der Waals surface area contributed by atoms with E-state index in [4.69, 9.17) is 30.5 Å². The number of carbonyl (C=O) groups excluding carboxylic acids is 3. The summed E-state index contributed by atoms with van der Waals surface area (Å²) >= 11 is 7.66. The zero-order valence-electron chi connectivity index (χ0n) is 18.6. The second-order valence-corrected chi connectivity index (χ2v) is 8.99. The molecular formula is C23H24ClNO7S. The van der Waals surface area contributed by atoms with Gasteiger partial charge in [-0.25, -0.2) is 0 Å². The van der Waals surface area contributed by atoms with Crippen LogP contribution in [-0.4, -0.2) is 52.4 Å². The maximum absolute atomic E-state index is 11.8. The first-order valence-corrected chi connectivity index (χ1v) is 11.6. The molecule has 1 aromatic carbocycles. The molecule has 3 rings (SSSR count). The summed E-state index contributed by atoms with van der Waals surface area (Å²) in [4.78, 5) is 39.3. The minimum absolute atomic E-state index is 0.265. The van der Waals surface area contributed by atoms with Crippen molar-refractivity contribution in [1.29, 1.82) is 0 Å². The number of rotatable bonds is 6. The molecular weight excluding hydrogens is 470 g/mol. The summed E-state index contributed by atoms with van der Waals surface area (Å²) in [5.41, 5.74) is 1.89. The standard InChI is InChI=1S/C23H24ClNO7S/c1-12-9-17(7-8-25-12)16-5-6-18(24)19(10-16)32-23-22(31-15(4)28)21(30-14(3)27)20(11-33-23)29-13(2)26/h5-10,20-23H,11H2,1-4H3/t20-,21+,22-,23+/m1/s1. The first-order valence-electron chi connectivity index (χ1n) is 10.2.